The van der Waals surface area contributed by atoms with Gasteiger partial charge in [0.15, 0.2) is 0 Å². The lowest BCUT2D eigenvalue weighted by Crippen LogP contribution is -2.17. The molecule has 2 fully saturated rings. The van der Waals surface area contributed by atoms with Gasteiger partial charge in [0.25, 0.3) is 0 Å². The summed E-state index contributed by atoms with van der Waals surface area (Å²) in [5.41, 5.74) is 1.61. The molecule has 104 valence electrons. The number of benzene rings is 1. The van der Waals surface area contributed by atoms with Gasteiger partial charge in [0.2, 0.25) is 0 Å². The molecule has 0 saturated heterocycles. The molecule has 2 aliphatic carbocycles. The number of aromatic nitrogens is 2. The monoisotopic (exact) mass is 379 g/mol. The van der Waals surface area contributed by atoms with E-state index >= 15 is 0 Å². The van der Waals surface area contributed by atoms with Crippen molar-refractivity contribution in [3.63, 3.8) is 0 Å². The summed E-state index contributed by atoms with van der Waals surface area (Å²) in [4.78, 5) is 8.84. The minimum atomic E-state index is 0.581. The minimum absolute atomic E-state index is 0.581. The Morgan fingerprint density at radius 1 is 1.15 bits per heavy atom. The van der Waals surface area contributed by atoms with Gasteiger partial charge in [0.1, 0.15) is 12.1 Å². The second-order valence-corrected chi connectivity index (χ2v) is 7.45. The van der Waals surface area contributed by atoms with Crippen molar-refractivity contribution in [3.8, 4) is 0 Å². The number of halogens is 1. The van der Waals surface area contributed by atoms with Crippen molar-refractivity contribution >= 4 is 39.3 Å². The largest absolute Gasteiger partial charge is 0.366 e. The SMILES string of the molecule is Ic1ccc2ncnc(NC3CC34CCCCC4)c2c1. The van der Waals surface area contributed by atoms with Gasteiger partial charge in [-0.2, -0.15) is 0 Å². The van der Waals surface area contributed by atoms with E-state index < -0.39 is 0 Å². The first-order chi connectivity index (χ1) is 9.77. The first-order valence-electron chi connectivity index (χ1n) is 7.44. The standard InChI is InChI=1S/C16H18IN3/c17-11-4-5-13-12(8-11)15(19-10-18-13)20-14-9-16(14)6-2-1-3-7-16/h4-5,8,10,14H,1-3,6-7,9H2,(H,18,19,20). The average Bonchev–Trinajstić information content (AvgIpc) is 3.12. The van der Waals surface area contributed by atoms with E-state index in [4.69, 9.17) is 0 Å². The maximum absolute atomic E-state index is 4.48. The molecule has 4 heteroatoms. The van der Waals surface area contributed by atoms with Gasteiger partial charge in [-0.25, -0.2) is 9.97 Å². The van der Waals surface area contributed by atoms with Crippen molar-refractivity contribution in [2.75, 3.05) is 5.32 Å². The summed E-state index contributed by atoms with van der Waals surface area (Å²) in [5.74, 6) is 1.01. The van der Waals surface area contributed by atoms with Crippen molar-refractivity contribution in [2.24, 2.45) is 5.41 Å². The molecule has 20 heavy (non-hydrogen) atoms. The van der Waals surface area contributed by atoms with E-state index in [2.05, 4.69) is 56.1 Å². The van der Waals surface area contributed by atoms with Crippen LogP contribution in [0.15, 0.2) is 24.5 Å². The number of fused-ring (bicyclic) bond motifs is 1. The predicted octanol–water partition coefficient (Wildman–Crippen LogP) is 4.37. The van der Waals surface area contributed by atoms with Crippen molar-refractivity contribution in [3.05, 3.63) is 28.1 Å². The second kappa shape index (κ2) is 4.83. The molecule has 1 heterocycles. The first-order valence-corrected chi connectivity index (χ1v) is 8.52. The van der Waals surface area contributed by atoms with Crippen LogP contribution < -0.4 is 5.32 Å². The Morgan fingerprint density at radius 2 is 2.00 bits per heavy atom. The van der Waals surface area contributed by atoms with E-state index in [1.165, 1.54) is 42.1 Å². The lowest BCUT2D eigenvalue weighted by molar-refractivity contribution is 0.330. The molecule has 0 radical (unpaired) electrons. The summed E-state index contributed by atoms with van der Waals surface area (Å²) in [6.07, 6.45) is 10.0. The highest BCUT2D eigenvalue weighted by Crippen LogP contribution is 2.57. The third-order valence-corrected chi connectivity index (χ3v) is 5.62. The van der Waals surface area contributed by atoms with E-state index in [1.807, 2.05) is 0 Å². The molecule has 1 unspecified atom stereocenters. The zero-order chi connectivity index (χ0) is 13.6. The maximum Gasteiger partial charge on any atom is 0.137 e. The van der Waals surface area contributed by atoms with Gasteiger partial charge < -0.3 is 5.32 Å². The zero-order valence-electron chi connectivity index (χ0n) is 11.4. The average molecular weight is 379 g/mol. The highest BCUT2D eigenvalue weighted by atomic mass is 127. The fourth-order valence-corrected chi connectivity index (χ4v) is 4.16. The van der Waals surface area contributed by atoms with E-state index in [9.17, 15) is 0 Å². The number of hydrogen-bond acceptors (Lipinski definition) is 3. The molecule has 0 bridgehead atoms. The number of rotatable bonds is 2. The quantitative estimate of drug-likeness (QED) is 0.788. The highest BCUT2D eigenvalue weighted by Gasteiger charge is 2.54. The molecule has 3 nitrogen and oxygen atoms in total. The fraction of sp³-hybridized carbons (Fsp3) is 0.500. The summed E-state index contributed by atoms with van der Waals surface area (Å²) in [6.45, 7) is 0. The molecule has 1 N–H and O–H groups in total. The molecule has 1 atom stereocenters. The van der Waals surface area contributed by atoms with Crippen LogP contribution in [0.2, 0.25) is 0 Å². The van der Waals surface area contributed by atoms with Crippen LogP contribution in [-0.2, 0) is 0 Å². The minimum Gasteiger partial charge on any atom is -0.366 e. The smallest absolute Gasteiger partial charge is 0.137 e. The topological polar surface area (TPSA) is 37.8 Å². The number of hydrogen-bond donors (Lipinski definition) is 1. The van der Waals surface area contributed by atoms with E-state index in [0.717, 1.165) is 16.7 Å². The molecule has 2 aromatic rings. The van der Waals surface area contributed by atoms with Crippen LogP contribution in [0.25, 0.3) is 10.9 Å². The summed E-state index contributed by atoms with van der Waals surface area (Å²) in [6, 6.07) is 6.97. The molecule has 1 spiro atoms. The molecular weight excluding hydrogens is 361 g/mol. The van der Waals surface area contributed by atoms with Gasteiger partial charge in [-0.1, -0.05) is 19.3 Å². The van der Waals surface area contributed by atoms with Crippen LogP contribution in [0.1, 0.15) is 38.5 Å². The molecular formula is C16H18IN3. The fourth-order valence-electron chi connectivity index (χ4n) is 3.67. The third kappa shape index (κ3) is 2.18. The van der Waals surface area contributed by atoms with Crippen LogP contribution in [0.5, 0.6) is 0 Å². The molecule has 1 aromatic carbocycles. The van der Waals surface area contributed by atoms with Crippen molar-refractivity contribution in [1.29, 1.82) is 0 Å². The Bertz CT molecular complexity index is 649. The summed E-state index contributed by atoms with van der Waals surface area (Å²) in [5, 5.41) is 4.84. The molecule has 0 amide bonds. The van der Waals surface area contributed by atoms with Crippen LogP contribution >= 0.6 is 22.6 Å². The van der Waals surface area contributed by atoms with E-state index in [0.29, 0.717) is 11.5 Å². The molecule has 0 aliphatic heterocycles. The van der Waals surface area contributed by atoms with Crippen LogP contribution in [0.3, 0.4) is 0 Å². The Balaban J connectivity index is 1.62. The lowest BCUT2D eigenvalue weighted by Gasteiger charge is -2.22. The Kier molecular flexibility index (Phi) is 3.09. The Hall–Kier alpha value is -0.910. The van der Waals surface area contributed by atoms with Crippen molar-refractivity contribution in [1.82, 2.24) is 9.97 Å². The van der Waals surface area contributed by atoms with Crippen LogP contribution in [0.4, 0.5) is 5.82 Å². The lowest BCUT2D eigenvalue weighted by atomic mass is 9.86. The number of nitrogens with zero attached hydrogens (tertiary/aromatic N) is 2. The number of anilines is 1. The normalized spacial score (nSPS) is 23.9. The van der Waals surface area contributed by atoms with Gasteiger partial charge in [0, 0.05) is 15.0 Å². The molecule has 2 saturated carbocycles. The van der Waals surface area contributed by atoms with Gasteiger partial charge in [-0.05, 0) is 65.5 Å². The molecule has 4 rings (SSSR count). The van der Waals surface area contributed by atoms with Gasteiger partial charge in [-0.3, -0.25) is 0 Å². The molecule has 1 aromatic heterocycles. The zero-order valence-corrected chi connectivity index (χ0v) is 13.6. The summed E-state index contributed by atoms with van der Waals surface area (Å²) < 4.78 is 1.23. The van der Waals surface area contributed by atoms with Gasteiger partial charge >= 0.3 is 0 Å². The third-order valence-electron chi connectivity index (χ3n) is 4.95. The van der Waals surface area contributed by atoms with Crippen molar-refractivity contribution in [2.45, 2.75) is 44.6 Å². The van der Waals surface area contributed by atoms with Gasteiger partial charge in [-0.15, -0.1) is 0 Å². The Morgan fingerprint density at radius 3 is 2.85 bits per heavy atom. The summed E-state index contributed by atoms with van der Waals surface area (Å²) in [7, 11) is 0. The van der Waals surface area contributed by atoms with Crippen LogP contribution in [0, 0.1) is 8.99 Å². The van der Waals surface area contributed by atoms with Crippen LogP contribution in [-0.4, -0.2) is 16.0 Å². The molecule has 2 aliphatic rings. The van der Waals surface area contributed by atoms with E-state index in [-0.39, 0.29) is 0 Å². The Labute approximate surface area is 132 Å². The maximum atomic E-state index is 4.48. The van der Waals surface area contributed by atoms with Crippen molar-refractivity contribution < 1.29 is 0 Å². The second-order valence-electron chi connectivity index (χ2n) is 6.21. The first kappa shape index (κ1) is 12.8. The van der Waals surface area contributed by atoms with Gasteiger partial charge in [0.05, 0.1) is 5.52 Å². The summed E-state index contributed by atoms with van der Waals surface area (Å²) >= 11 is 2.35. The predicted molar refractivity (Wildman–Crippen MR) is 89.8 cm³/mol. The highest BCUT2D eigenvalue weighted by molar-refractivity contribution is 14.1. The number of nitrogens with one attached hydrogen (secondary N) is 1. The van der Waals surface area contributed by atoms with E-state index in [1.54, 1.807) is 6.33 Å².